The first-order valence-electron chi connectivity index (χ1n) is 6.93. The van der Waals surface area contributed by atoms with Gasteiger partial charge in [0.2, 0.25) is 0 Å². The number of nitrogens with one attached hydrogen (secondary N) is 1. The SMILES string of the molecule is CC(C)(C)OC(=O)NCC1(F)CCC(OS(C)(=O)=O)CC1. The standard InChI is InChI=1S/C13H24FNO5S/c1-12(2,3)19-11(16)15-9-13(14)7-5-10(6-8-13)20-21(4,17)18/h10H,5-9H2,1-4H3,(H,15,16). The van der Waals surface area contributed by atoms with Crippen LogP contribution >= 0.6 is 0 Å². The van der Waals surface area contributed by atoms with Crippen molar-refractivity contribution in [2.45, 2.75) is 63.8 Å². The first-order chi connectivity index (χ1) is 9.39. The molecule has 0 radical (unpaired) electrons. The maximum atomic E-state index is 14.5. The molecule has 8 heteroatoms. The van der Waals surface area contributed by atoms with E-state index in [9.17, 15) is 17.6 Å². The quantitative estimate of drug-likeness (QED) is 0.801. The van der Waals surface area contributed by atoms with Crippen LogP contribution in [0.25, 0.3) is 0 Å². The van der Waals surface area contributed by atoms with Gasteiger partial charge in [0.25, 0.3) is 10.1 Å². The molecule has 0 saturated heterocycles. The van der Waals surface area contributed by atoms with Crippen LogP contribution in [-0.2, 0) is 19.0 Å². The lowest BCUT2D eigenvalue weighted by Crippen LogP contribution is -2.45. The third-order valence-electron chi connectivity index (χ3n) is 3.09. The van der Waals surface area contributed by atoms with E-state index < -0.39 is 33.6 Å². The molecule has 0 aliphatic heterocycles. The van der Waals surface area contributed by atoms with E-state index in [1.54, 1.807) is 20.8 Å². The molecule has 1 fully saturated rings. The highest BCUT2D eigenvalue weighted by atomic mass is 32.2. The largest absolute Gasteiger partial charge is 0.444 e. The fourth-order valence-corrected chi connectivity index (χ4v) is 2.86. The first kappa shape index (κ1) is 18.2. The summed E-state index contributed by atoms with van der Waals surface area (Å²) in [6, 6.07) is 0. The maximum Gasteiger partial charge on any atom is 0.407 e. The zero-order chi connectivity index (χ0) is 16.3. The second kappa shape index (κ2) is 6.48. The second-order valence-electron chi connectivity index (χ2n) is 6.51. The van der Waals surface area contributed by atoms with Crippen molar-refractivity contribution in [3.05, 3.63) is 0 Å². The van der Waals surface area contributed by atoms with Gasteiger partial charge >= 0.3 is 6.09 Å². The van der Waals surface area contributed by atoms with Gasteiger partial charge in [-0.2, -0.15) is 8.42 Å². The molecule has 0 spiro atoms. The highest BCUT2D eigenvalue weighted by Gasteiger charge is 2.37. The van der Waals surface area contributed by atoms with Gasteiger partial charge in [-0.3, -0.25) is 4.18 Å². The van der Waals surface area contributed by atoms with Crippen LogP contribution in [0.2, 0.25) is 0 Å². The maximum absolute atomic E-state index is 14.5. The molecule has 0 heterocycles. The van der Waals surface area contributed by atoms with E-state index in [0.717, 1.165) is 6.26 Å². The predicted molar refractivity (Wildman–Crippen MR) is 76.3 cm³/mol. The molecule has 0 aromatic heterocycles. The van der Waals surface area contributed by atoms with E-state index in [4.69, 9.17) is 8.92 Å². The molecular weight excluding hydrogens is 301 g/mol. The number of carbonyl (C=O) groups excluding carboxylic acids is 1. The lowest BCUT2D eigenvalue weighted by Gasteiger charge is -2.33. The molecule has 1 N–H and O–H groups in total. The molecule has 1 amide bonds. The summed E-state index contributed by atoms with van der Waals surface area (Å²) < 4.78 is 46.4. The number of alkyl carbamates (subject to hydrolysis) is 1. The zero-order valence-corrected chi connectivity index (χ0v) is 13.8. The first-order valence-corrected chi connectivity index (χ1v) is 8.74. The highest BCUT2D eigenvalue weighted by Crippen LogP contribution is 2.33. The van der Waals surface area contributed by atoms with E-state index in [1.165, 1.54) is 0 Å². The number of halogens is 1. The molecule has 1 saturated carbocycles. The van der Waals surface area contributed by atoms with Crippen LogP contribution in [0.3, 0.4) is 0 Å². The predicted octanol–water partition coefficient (Wildman–Crippen LogP) is 2.14. The third-order valence-corrected chi connectivity index (χ3v) is 3.71. The van der Waals surface area contributed by atoms with Gasteiger partial charge in [-0.1, -0.05) is 0 Å². The third kappa shape index (κ3) is 7.61. The lowest BCUT2D eigenvalue weighted by molar-refractivity contribution is 0.0316. The fourth-order valence-electron chi connectivity index (χ4n) is 2.17. The summed E-state index contributed by atoms with van der Waals surface area (Å²) in [5.74, 6) is 0. The summed E-state index contributed by atoms with van der Waals surface area (Å²) in [6.45, 7) is 5.04. The van der Waals surface area contributed by atoms with Gasteiger partial charge in [0, 0.05) is 0 Å². The molecule has 0 unspecified atom stereocenters. The Morgan fingerprint density at radius 1 is 1.33 bits per heavy atom. The van der Waals surface area contributed by atoms with Crippen molar-refractivity contribution in [3.63, 3.8) is 0 Å². The van der Waals surface area contributed by atoms with Crippen molar-refractivity contribution in [3.8, 4) is 0 Å². The van der Waals surface area contributed by atoms with Crippen molar-refractivity contribution in [2.75, 3.05) is 12.8 Å². The van der Waals surface area contributed by atoms with E-state index in [0.29, 0.717) is 12.8 Å². The molecule has 124 valence electrons. The average Bonchev–Trinajstić information content (AvgIpc) is 2.26. The molecule has 0 bridgehead atoms. The van der Waals surface area contributed by atoms with E-state index in [1.807, 2.05) is 0 Å². The topological polar surface area (TPSA) is 81.7 Å². The summed E-state index contributed by atoms with van der Waals surface area (Å²) in [5.41, 5.74) is -2.18. The average molecular weight is 325 g/mol. The molecule has 1 aliphatic carbocycles. The number of rotatable bonds is 4. The normalized spacial score (nSPS) is 27.2. The summed E-state index contributed by atoms with van der Waals surface area (Å²) in [7, 11) is -3.52. The number of hydrogen-bond acceptors (Lipinski definition) is 5. The molecule has 1 rings (SSSR count). The van der Waals surface area contributed by atoms with Gasteiger partial charge in [0.15, 0.2) is 0 Å². The van der Waals surface area contributed by atoms with Crippen LogP contribution in [0, 0.1) is 0 Å². The van der Waals surface area contributed by atoms with Gasteiger partial charge < -0.3 is 10.1 Å². The molecule has 0 aromatic carbocycles. The van der Waals surface area contributed by atoms with E-state index in [2.05, 4.69) is 5.32 Å². The Hall–Kier alpha value is -0.890. The Bertz CT molecular complexity index is 463. The Kier molecular flexibility index (Phi) is 5.60. The molecular formula is C13H24FNO5S. The summed E-state index contributed by atoms with van der Waals surface area (Å²) >= 11 is 0. The van der Waals surface area contributed by atoms with Crippen LogP contribution in [0.1, 0.15) is 46.5 Å². The second-order valence-corrected chi connectivity index (χ2v) is 8.11. The smallest absolute Gasteiger partial charge is 0.407 e. The van der Waals surface area contributed by atoms with Crippen LogP contribution in [-0.4, -0.2) is 44.7 Å². The van der Waals surface area contributed by atoms with Crippen molar-refractivity contribution in [2.24, 2.45) is 0 Å². The molecule has 1 aliphatic rings. The van der Waals surface area contributed by atoms with Gasteiger partial charge in [0.1, 0.15) is 11.3 Å². The monoisotopic (exact) mass is 325 g/mol. The van der Waals surface area contributed by atoms with Crippen molar-refractivity contribution >= 4 is 16.2 Å². The van der Waals surface area contributed by atoms with Gasteiger partial charge in [0.05, 0.1) is 18.9 Å². The van der Waals surface area contributed by atoms with E-state index >= 15 is 0 Å². The summed E-state index contributed by atoms with van der Waals surface area (Å²) in [4.78, 5) is 11.5. The highest BCUT2D eigenvalue weighted by molar-refractivity contribution is 7.86. The van der Waals surface area contributed by atoms with Crippen molar-refractivity contribution in [1.29, 1.82) is 0 Å². The number of amides is 1. The minimum absolute atomic E-state index is 0.142. The number of hydrogen-bond donors (Lipinski definition) is 1. The summed E-state index contributed by atoms with van der Waals surface area (Å²) in [6.07, 6.45) is 0.735. The molecule has 0 atom stereocenters. The van der Waals surface area contributed by atoms with Crippen LogP contribution in [0.5, 0.6) is 0 Å². The van der Waals surface area contributed by atoms with Crippen molar-refractivity contribution < 1.29 is 26.5 Å². The van der Waals surface area contributed by atoms with Crippen LogP contribution in [0.4, 0.5) is 9.18 Å². The number of carbonyl (C=O) groups is 1. The number of ether oxygens (including phenoxy) is 1. The Morgan fingerprint density at radius 2 is 1.86 bits per heavy atom. The van der Waals surface area contributed by atoms with Gasteiger partial charge in [-0.05, 0) is 46.5 Å². The van der Waals surface area contributed by atoms with Crippen LogP contribution in [0.15, 0.2) is 0 Å². The molecule has 6 nitrogen and oxygen atoms in total. The van der Waals surface area contributed by atoms with Crippen molar-refractivity contribution in [1.82, 2.24) is 5.32 Å². The minimum atomic E-state index is -3.52. The fraction of sp³-hybridized carbons (Fsp3) is 0.923. The molecule has 0 aromatic rings. The summed E-state index contributed by atoms with van der Waals surface area (Å²) in [5, 5.41) is 2.42. The Balaban J connectivity index is 2.39. The van der Waals surface area contributed by atoms with Crippen LogP contribution < -0.4 is 5.32 Å². The number of alkyl halides is 1. The van der Waals surface area contributed by atoms with Gasteiger partial charge in [-0.25, -0.2) is 9.18 Å². The lowest BCUT2D eigenvalue weighted by atomic mass is 9.85. The Morgan fingerprint density at radius 3 is 2.29 bits per heavy atom. The zero-order valence-electron chi connectivity index (χ0n) is 12.9. The van der Waals surface area contributed by atoms with Gasteiger partial charge in [-0.15, -0.1) is 0 Å². The minimum Gasteiger partial charge on any atom is -0.444 e. The molecule has 21 heavy (non-hydrogen) atoms. The Labute approximate surface area is 125 Å². The van der Waals surface area contributed by atoms with E-state index in [-0.39, 0.29) is 19.4 Å².